The number of hydrogen-bond donors (Lipinski definition) is 7. The maximum Gasteiger partial charge on any atom is 0.326 e. The minimum Gasteiger partial charge on any atom is -0.508 e. The minimum atomic E-state index is -1.29. The molecule has 8 N–H and O–H groups in total. The number of phenols is 1. The predicted molar refractivity (Wildman–Crippen MR) is 168 cm³/mol. The van der Waals surface area contributed by atoms with Crippen molar-refractivity contribution in [1.29, 1.82) is 0 Å². The molecular weight excluding hydrogens is 570 g/mol. The first-order valence-corrected chi connectivity index (χ1v) is 15.6. The van der Waals surface area contributed by atoms with Crippen molar-refractivity contribution < 1.29 is 29.4 Å². The Morgan fingerprint density at radius 3 is 2.26 bits per heavy atom. The van der Waals surface area contributed by atoms with Crippen molar-refractivity contribution >= 4 is 46.4 Å². The number of rotatable bonds is 16. The number of thioether (sulfide) groups is 1. The zero-order valence-electron chi connectivity index (χ0n) is 24.6. The highest BCUT2D eigenvalue weighted by Gasteiger charge is 2.33. The molecule has 0 bridgehead atoms. The number of para-hydroxylation sites is 1. The molecule has 11 nitrogen and oxygen atoms in total. The van der Waals surface area contributed by atoms with Crippen LogP contribution >= 0.6 is 11.8 Å². The van der Waals surface area contributed by atoms with Crippen LogP contribution in [0.2, 0.25) is 0 Å². The van der Waals surface area contributed by atoms with Gasteiger partial charge >= 0.3 is 5.97 Å². The number of hydrogen-bond acceptors (Lipinski definition) is 7. The highest BCUT2D eigenvalue weighted by Crippen LogP contribution is 2.20. The second-order valence-electron chi connectivity index (χ2n) is 10.7. The number of nitrogens with two attached hydrogens (primary N) is 1. The van der Waals surface area contributed by atoms with E-state index in [9.17, 15) is 29.4 Å². The molecule has 0 spiro atoms. The summed E-state index contributed by atoms with van der Waals surface area (Å²) < 4.78 is 0. The average molecular weight is 612 g/mol. The summed E-state index contributed by atoms with van der Waals surface area (Å²) in [4.78, 5) is 55.4. The second-order valence-corrected chi connectivity index (χ2v) is 11.6. The van der Waals surface area contributed by atoms with Crippen molar-refractivity contribution in [3.63, 3.8) is 0 Å². The lowest BCUT2D eigenvalue weighted by Crippen LogP contribution is -2.59. The highest BCUT2D eigenvalue weighted by molar-refractivity contribution is 7.98. The standard InChI is InChI=1S/C31H41N5O6S/c1-4-18(2)27(36-28(38)23(32)13-14-43-3)30(40)34-25(16-20-17-33-24-8-6-5-7-22(20)24)29(39)35-26(31(41)42)15-19-9-11-21(37)12-10-19/h5-12,17-18,23,25-27,33,37H,4,13-16,32H2,1-3H3,(H,34,40)(H,35,39)(H,36,38)(H,41,42). The largest absolute Gasteiger partial charge is 0.508 e. The predicted octanol–water partition coefficient (Wildman–Crippen LogP) is 2.32. The summed E-state index contributed by atoms with van der Waals surface area (Å²) in [7, 11) is 0. The van der Waals surface area contributed by atoms with Crippen LogP contribution < -0.4 is 21.7 Å². The number of H-pyrrole nitrogens is 1. The molecule has 5 atom stereocenters. The van der Waals surface area contributed by atoms with E-state index in [1.165, 1.54) is 12.1 Å². The van der Waals surface area contributed by atoms with Gasteiger partial charge in [-0.2, -0.15) is 11.8 Å². The molecule has 1 heterocycles. The van der Waals surface area contributed by atoms with Crippen molar-refractivity contribution in [2.45, 2.75) is 63.7 Å². The lowest BCUT2D eigenvalue weighted by Gasteiger charge is -2.28. The Morgan fingerprint density at radius 2 is 1.60 bits per heavy atom. The van der Waals surface area contributed by atoms with Crippen molar-refractivity contribution in [3.8, 4) is 5.75 Å². The van der Waals surface area contributed by atoms with E-state index in [4.69, 9.17) is 5.73 Å². The van der Waals surface area contributed by atoms with Gasteiger partial charge in [-0.15, -0.1) is 0 Å². The summed E-state index contributed by atoms with van der Waals surface area (Å²) in [6, 6.07) is 9.35. The van der Waals surface area contributed by atoms with Gasteiger partial charge in [0, 0.05) is 29.9 Å². The van der Waals surface area contributed by atoms with E-state index in [0.717, 1.165) is 16.5 Å². The number of carbonyl (C=O) groups excluding carboxylic acids is 3. The van der Waals surface area contributed by atoms with Gasteiger partial charge in [0.25, 0.3) is 0 Å². The van der Waals surface area contributed by atoms with Crippen LogP contribution in [0.1, 0.15) is 37.8 Å². The number of fused-ring (bicyclic) bond motifs is 1. The molecule has 3 amide bonds. The Bertz CT molecular complexity index is 1390. The summed E-state index contributed by atoms with van der Waals surface area (Å²) in [6.07, 6.45) is 4.73. The van der Waals surface area contributed by atoms with Crippen LogP contribution in [0.25, 0.3) is 10.9 Å². The summed E-state index contributed by atoms with van der Waals surface area (Å²) >= 11 is 1.57. The van der Waals surface area contributed by atoms with Crippen LogP contribution in [0.15, 0.2) is 54.7 Å². The molecule has 3 aromatic rings. The third-order valence-electron chi connectivity index (χ3n) is 7.49. The Hall–Kier alpha value is -4.03. The number of phenolic OH excluding ortho intramolecular Hbond substituents is 1. The molecule has 0 aliphatic rings. The number of aliphatic carboxylic acids is 1. The van der Waals surface area contributed by atoms with Gasteiger partial charge in [0.1, 0.15) is 23.9 Å². The molecule has 3 rings (SSSR count). The Balaban J connectivity index is 1.86. The number of aromatic nitrogens is 1. The average Bonchev–Trinajstić information content (AvgIpc) is 3.40. The molecule has 2 aromatic carbocycles. The van der Waals surface area contributed by atoms with Gasteiger partial charge in [-0.05, 0) is 53.7 Å². The fourth-order valence-corrected chi connectivity index (χ4v) is 5.16. The molecule has 0 aliphatic carbocycles. The summed E-state index contributed by atoms with van der Waals surface area (Å²) in [5, 5.41) is 28.4. The molecule has 0 fully saturated rings. The quantitative estimate of drug-likeness (QED) is 0.129. The number of carboxylic acid groups (broad SMARTS) is 1. The van der Waals surface area contributed by atoms with Crippen molar-refractivity contribution in [3.05, 3.63) is 65.9 Å². The highest BCUT2D eigenvalue weighted by atomic mass is 32.2. The van der Waals surface area contributed by atoms with E-state index in [1.807, 2.05) is 44.4 Å². The molecule has 0 aliphatic heterocycles. The van der Waals surface area contributed by atoms with Crippen LogP contribution in [0.4, 0.5) is 0 Å². The second kappa shape index (κ2) is 16.0. The first-order chi connectivity index (χ1) is 20.5. The van der Waals surface area contributed by atoms with Crippen molar-refractivity contribution in [2.24, 2.45) is 11.7 Å². The SMILES string of the molecule is CCC(C)C(NC(=O)C(N)CCSC)C(=O)NC(Cc1c[nH]c2ccccc12)C(=O)NC(Cc1ccc(O)cc1)C(=O)O. The lowest BCUT2D eigenvalue weighted by molar-refractivity contribution is -0.142. The number of carboxylic acids is 1. The monoisotopic (exact) mass is 611 g/mol. The minimum absolute atomic E-state index is 0.0331. The van der Waals surface area contributed by atoms with Crippen LogP contribution in [0.5, 0.6) is 5.75 Å². The van der Waals surface area contributed by atoms with Crippen molar-refractivity contribution in [1.82, 2.24) is 20.9 Å². The van der Waals surface area contributed by atoms with E-state index in [-0.39, 0.29) is 24.5 Å². The van der Waals surface area contributed by atoms with Crippen LogP contribution in [-0.4, -0.2) is 75.1 Å². The lowest BCUT2D eigenvalue weighted by atomic mass is 9.96. The normalized spacial score (nSPS) is 14.7. The first kappa shape index (κ1) is 33.5. The zero-order valence-corrected chi connectivity index (χ0v) is 25.4. The zero-order chi connectivity index (χ0) is 31.5. The van der Waals surface area contributed by atoms with E-state index in [1.54, 1.807) is 30.1 Å². The maximum atomic E-state index is 13.7. The third kappa shape index (κ3) is 9.48. The number of benzene rings is 2. The van der Waals surface area contributed by atoms with E-state index >= 15 is 0 Å². The van der Waals surface area contributed by atoms with Crippen LogP contribution in [0, 0.1) is 5.92 Å². The summed E-state index contributed by atoms with van der Waals surface area (Å²) in [6.45, 7) is 3.71. The van der Waals surface area contributed by atoms with Crippen LogP contribution in [-0.2, 0) is 32.0 Å². The van der Waals surface area contributed by atoms with Gasteiger partial charge in [0.05, 0.1) is 6.04 Å². The number of aromatic amines is 1. The maximum absolute atomic E-state index is 13.7. The van der Waals surface area contributed by atoms with Crippen molar-refractivity contribution in [2.75, 3.05) is 12.0 Å². The molecule has 1 aromatic heterocycles. The van der Waals surface area contributed by atoms with Gasteiger partial charge in [0.2, 0.25) is 17.7 Å². The summed E-state index contributed by atoms with van der Waals surface area (Å²) in [5.74, 6) is -2.49. The first-order valence-electron chi connectivity index (χ1n) is 14.2. The Labute approximate surface area is 255 Å². The topological polar surface area (TPSA) is 187 Å². The molecule has 43 heavy (non-hydrogen) atoms. The third-order valence-corrected chi connectivity index (χ3v) is 8.13. The number of carbonyl (C=O) groups is 4. The molecular formula is C31H41N5O6S. The molecule has 232 valence electrons. The molecule has 12 heteroatoms. The van der Waals surface area contributed by atoms with Gasteiger partial charge in [-0.1, -0.05) is 50.6 Å². The molecule has 0 radical (unpaired) electrons. The van der Waals surface area contributed by atoms with Gasteiger partial charge in [-0.25, -0.2) is 4.79 Å². The van der Waals surface area contributed by atoms with Gasteiger partial charge < -0.3 is 36.9 Å². The summed E-state index contributed by atoms with van der Waals surface area (Å²) in [5.41, 5.74) is 8.25. The fraction of sp³-hybridized carbons (Fsp3) is 0.419. The van der Waals surface area contributed by atoms with Gasteiger partial charge in [0.15, 0.2) is 0 Å². The fourth-order valence-electron chi connectivity index (χ4n) is 4.67. The number of amides is 3. The molecule has 5 unspecified atom stereocenters. The number of aromatic hydroxyl groups is 1. The van der Waals surface area contributed by atoms with Gasteiger partial charge in [-0.3, -0.25) is 14.4 Å². The smallest absolute Gasteiger partial charge is 0.326 e. The Morgan fingerprint density at radius 1 is 0.930 bits per heavy atom. The number of nitrogens with one attached hydrogen (secondary N) is 4. The molecule has 0 saturated carbocycles. The Kier molecular flexibility index (Phi) is 12.4. The van der Waals surface area contributed by atoms with E-state index in [0.29, 0.717) is 24.2 Å². The van der Waals surface area contributed by atoms with Crippen LogP contribution in [0.3, 0.4) is 0 Å². The molecule has 0 saturated heterocycles. The van der Waals surface area contributed by atoms with E-state index < -0.39 is 47.9 Å². The van der Waals surface area contributed by atoms with E-state index in [2.05, 4.69) is 20.9 Å².